The molecule has 76 valence electrons. The zero-order valence-electron chi connectivity index (χ0n) is 7.63. The lowest BCUT2D eigenvalue weighted by Gasteiger charge is -2.05. The molecular formula is C8H5N3O4. The summed E-state index contributed by atoms with van der Waals surface area (Å²) in [7, 11) is 1.39. The van der Waals surface area contributed by atoms with Crippen LogP contribution in [0.5, 0.6) is 0 Å². The first-order chi connectivity index (χ1) is 7.02. The molecule has 0 unspecified atom stereocenters. The Hall–Kier alpha value is -2.31. The van der Waals surface area contributed by atoms with Crippen molar-refractivity contribution in [3.05, 3.63) is 27.9 Å². The van der Waals surface area contributed by atoms with Gasteiger partial charge in [-0.3, -0.25) is 24.6 Å². The van der Waals surface area contributed by atoms with E-state index in [0.717, 1.165) is 17.2 Å². The van der Waals surface area contributed by atoms with Crippen molar-refractivity contribution in [1.82, 2.24) is 4.98 Å². The second-order valence-corrected chi connectivity index (χ2v) is 3.02. The van der Waals surface area contributed by atoms with Crippen molar-refractivity contribution in [1.29, 1.82) is 0 Å². The Labute approximate surface area is 83.5 Å². The summed E-state index contributed by atoms with van der Waals surface area (Å²) in [5, 5.41) is 10.4. The second kappa shape index (κ2) is 2.84. The maximum absolute atomic E-state index is 11.3. The molecule has 0 bridgehead atoms. The van der Waals surface area contributed by atoms with Crippen LogP contribution in [0.25, 0.3) is 0 Å². The van der Waals surface area contributed by atoms with Crippen molar-refractivity contribution >= 4 is 23.2 Å². The maximum Gasteiger partial charge on any atom is 0.300 e. The van der Waals surface area contributed by atoms with E-state index in [1.54, 1.807) is 0 Å². The number of rotatable bonds is 1. The largest absolute Gasteiger partial charge is 0.300 e. The van der Waals surface area contributed by atoms with Gasteiger partial charge in [-0.25, -0.2) is 4.98 Å². The summed E-state index contributed by atoms with van der Waals surface area (Å²) in [4.78, 5) is 37.1. The quantitative estimate of drug-likeness (QED) is 0.371. The molecule has 0 N–H and O–H groups in total. The second-order valence-electron chi connectivity index (χ2n) is 3.02. The average molecular weight is 207 g/mol. The number of amides is 1. The van der Waals surface area contributed by atoms with Crippen LogP contribution in [0.4, 0.5) is 11.5 Å². The summed E-state index contributed by atoms with van der Waals surface area (Å²) in [5.41, 5.74) is -0.318. The third-order valence-electron chi connectivity index (χ3n) is 2.12. The Morgan fingerprint density at radius 1 is 1.47 bits per heavy atom. The van der Waals surface area contributed by atoms with Gasteiger partial charge < -0.3 is 0 Å². The number of anilines is 1. The molecule has 1 aromatic rings. The van der Waals surface area contributed by atoms with Crippen molar-refractivity contribution in [2.45, 2.75) is 0 Å². The number of ketones is 1. The maximum atomic E-state index is 11.3. The molecule has 7 heteroatoms. The minimum absolute atomic E-state index is 0.0169. The lowest BCUT2D eigenvalue weighted by atomic mass is 10.2. The molecule has 1 aliphatic heterocycles. The highest BCUT2D eigenvalue weighted by Gasteiger charge is 2.35. The van der Waals surface area contributed by atoms with Gasteiger partial charge in [-0.2, -0.15) is 0 Å². The van der Waals surface area contributed by atoms with Crippen molar-refractivity contribution < 1.29 is 14.5 Å². The van der Waals surface area contributed by atoms with E-state index in [1.807, 2.05) is 0 Å². The Kier molecular flexibility index (Phi) is 1.75. The number of Topliss-reactive ketones (excluding diaryl/α,β-unsaturated/α-hetero) is 1. The average Bonchev–Trinajstić information content (AvgIpc) is 2.44. The third-order valence-corrected chi connectivity index (χ3v) is 2.12. The molecule has 0 saturated carbocycles. The molecule has 0 aliphatic carbocycles. The van der Waals surface area contributed by atoms with Gasteiger partial charge in [0, 0.05) is 13.1 Å². The molecule has 0 fully saturated rings. The number of hydrogen-bond acceptors (Lipinski definition) is 5. The molecule has 2 rings (SSSR count). The first kappa shape index (κ1) is 9.25. The van der Waals surface area contributed by atoms with E-state index in [1.165, 1.54) is 7.05 Å². The topological polar surface area (TPSA) is 93.4 Å². The number of carbonyl (C=O) groups is 2. The smallest absolute Gasteiger partial charge is 0.292 e. The van der Waals surface area contributed by atoms with Crippen LogP contribution in [-0.2, 0) is 4.79 Å². The van der Waals surface area contributed by atoms with E-state index in [4.69, 9.17) is 0 Å². The number of fused-ring (bicyclic) bond motifs is 1. The third kappa shape index (κ3) is 1.17. The fraction of sp³-hybridized carbons (Fsp3) is 0.125. The van der Waals surface area contributed by atoms with Gasteiger partial charge in [0.1, 0.15) is 12.0 Å². The lowest BCUT2D eigenvalue weighted by molar-refractivity contribution is -0.385. The molecule has 1 aromatic heterocycles. The van der Waals surface area contributed by atoms with E-state index < -0.39 is 16.6 Å². The SMILES string of the molecule is CN1C(=O)C(=O)c2cc([N+](=O)[O-])cnc21. The molecule has 15 heavy (non-hydrogen) atoms. The van der Waals surface area contributed by atoms with E-state index in [9.17, 15) is 19.7 Å². The molecule has 0 radical (unpaired) electrons. The summed E-state index contributed by atoms with van der Waals surface area (Å²) in [6.45, 7) is 0. The highest BCUT2D eigenvalue weighted by atomic mass is 16.6. The number of carbonyl (C=O) groups excluding carboxylic acids is 2. The number of pyridine rings is 1. The number of nitrogens with zero attached hydrogens (tertiary/aromatic N) is 3. The van der Waals surface area contributed by atoms with E-state index in [2.05, 4.69) is 4.98 Å². The monoisotopic (exact) mass is 207 g/mol. The molecule has 7 nitrogen and oxygen atoms in total. The molecule has 0 spiro atoms. The predicted octanol–water partition coefficient (Wildman–Crippen LogP) is 0.149. The van der Waals surface area contributed by atoms with Gasteiger partial charge in [0.2, 0.25) is 0 Å². The normalized spacial score (nSPS) is 14.3. The van der Waals surface area contributed by atoms with Crippen molar-refractivity contribution in [3.8, 4) is 0 Å². The van der Waals surface area contributed by atoms with E-state index in [-0.39, 0.29) is 17.1 Å². The Bertz CT molecular complexity index is 497. The standard InChI is InChI=1S/C8H5N3O4/c1-10-7-5(6(12)8(10)13)2-4(3-9-7)11(14)15/h2-3H,1H3. The fourth-order valence-corrected chi connectivity index (χ4v) is 1.34. The van der Waals surface area contributed by atoms with Gasteiger partial charge in [0.15, 0.2) is 0 Å². The number of hydrogen-bond donors (Lipinski definition) is 0. The summed E-state index contributed by atoms with van der Waals surface area (Å²) in [5.74, 6) is -1.32. The summed E-state index contributed by atoms with van der Waals surface area (Å²) >= 11 is 0. The highest BCUT2D eigenvalue weighted by molar-refractivity contribution is 6.51. The summed E-state index contributed by atoms with van der Waals surface area (Å²) in [6.07, 6.45) is 1.02. The lowest BCUT2D eigenvalue weighted by Crippen LogP contribution is -2.25. The van der Waals surface area contributed by atoms with Crippen molar-refractivity contribution in [2.75, 3.05) is 11.9 Å². The van der Waals surface area contributed by atoms with Crippen LogP contribution >= 0.6 is 0 Å². The fourth-order valence-electron chi connectivity index (χ4n) is 1.34. The van der Waals surface area contributed by atoms with Gasteiger partial charge in [-0.15, -0.1) is 0 Å². The first-order valence-corrected chi connectivity index (χ1v) is 3.99. The zero-order valence-corrected chi connectivity index (χ0v) is 7.63. The minimum Gasteiger partial charge on any atom is -0.292 e. The molecule has 0 aromatic carbocycles. The highest BCUT2D eigenvalue weighted by Crippen LogP contribution is 2.27. The van der Waals surface area contributed by atoms with E-state index in [0.29, 0.717) is 0 Å². The van der Waals surface area contributed by atoms with Crippen LogP contribution in [0.1, 0.15) is 10.4 Å². The number of likely N-dealkylation sites (N-methyl/N-ethyl adjacent to an activating group) is 1. The molecular weight excluding hydrogens is 202 g/mol. The van der Waals surface area contributed by atoms with E-state index >= 15 is 0 Å². The molecule has 2 heterocycles. The number of aromatic nitrogens is 1. The van der Waals surface area contributed by atoms with Crippen LogP contribution < -0.4 is 4.90 Å². The molecule has 1 amide bonds. The predicted molar refractivity (Wildman–Crippen MR) is 48.6 cm³/mol. The Morgan fingerprint density at radius 3 is 2.73 bits per heavy atom. The Morgan fingerprint density at radius 2 is 2.13 bits per heavy atom. The van der Waals surface area contributed by atoms with Gasteiger partial charge in [-0.05, 0) is 0 Å². The zero-order chi connectivity index (χ0) is 11.2. The Balaban J connectivity index is 2.61. The van der Waals surface area contributed by atoms with Crippen LogP contribution in [-0.4, -0.2) is 28.6 Å². The van der Waals surface area contributed by atoms with Gasteiger partial charge in [-0.1, -0.05) is 0 Å². The van der Waals surface area contributed by atoms with Crippen molar-refractivity contribution in [2.24, 2.45) is 0 Å². The number of nitro groups is 1. The van der Waals surface area contributed by atoms with Crippen molar-refractivity contribution in [3.63, 3.8) is 0 Å². The summed E-state index contributed by atoms with van der Waals surface area (Å²) < 4.78 is 0. The summed E-state index contributed by atoms with van der Waals surface area (Å²) in [6, 6.07) is 1.06. The van der Waals surface area contributed by atoms with Gasteiger partial charge in [0.25, 0.3) is 17.4 Å². The van der Waals surface area contributed by atoms with Crippen LogP contribution in [0.3, 0.4) is 0 Å². The van der Waals surface area contributed by atoms with Crippen LogP contribution in [0.15, 0.2) is 12.3 Å². The minimum atomic E-state index is -0.760. The first-order valence-electron chi connectivity index (χ1n) is 3.99. The molecule has 0 atom stereocenters. The molecule has 0 saturated heterocycles. The van der Waals surface area contributed by atoms with Crippen LogP contribution in [0.2, 0.25) is 0 Å². The molecule has 1 aliphatic rings. The van der Waals surface area contributed by atoms with Gasteiger partial charge in [0.05, 0.1) is 10.5 Å². The van der Waals surface area contributed by atoms with Crippen LogP contribution in [0, 0.1) is 10.1 Å². The van der Waals surface area contributed by atoms with Gasteiger partial charge >= 0.3 is 0 Å².